The van der Waals surface area contributed by atoms with Crippen LogP contribution in [0, 0.1) is 5.92 Å². The maximum Gasteiger partial charge on any atom is 0.170 e. The molecule has 2 aromatic heterocycles. The first-order valence-corrected chi connectivity index (χ1v) is 6.03. The van der Waals surface area contributed by atoms with Crippen molar-refractivity contribution in [2.45, 2.75) is 20.3 Å². The molecule has 0 bridgehead atoms. The molecule has 0 aliphatic carbocycles. The zero-order chi connectivity index (χ0) is 11.7. The predicted molar refractivity (Wildman–Crippen MR) is 66.8 cm³/mol. The normalized spacial score (nSPS) is 11.2. The highest BCUT2D eigenvalue weighted by atomic mass is 79.9. The van der Waals surface area contributed by atoms with Gasteiger partial charge in [0.25, 0.3) is 0 Å². The molecule has 0 saturated carbocycles. The summed E-state index contributed by atoms with van der Waals surface area (Å²) < 4.78 is 2.92. The predicted octanol–water partition coefficient (Wildman–Crippen LogP) is 3.11. The lowest BCUT2D eigenvalue weighted by atomic mass is 10.1. The van der Waals surface area contributed by atoms with Crippen molar-refractivity contribution >= 4 is 27.7 Å². The summed E-state index contributed by atoms with van der Waals surface area (Å²) in [7, 11) is 0. The van der Waals surface area contributed by atoms with E-state index in [0.717, 1.165) is 28.7 Å². The minimum atomic E-state index is 0.511. The molecule has 0 radical (unpaired) electrons. The third kappa shape index (κ3) is 1.89. The van der Waals surface area contributed by atoms with Gasteiger partial charge in [0.2, 0.25) is 0 Å². The monoisotopic (exact) mass is 280 g/mol. The summed E-state index contributed by atoms with van der Waals surface area (Å²) in [5, 5.41) is 0. The van der Waals surface area contributed by atoms with Gasteiger partial charge in [-0.15, -0.1) is 0 Å². The fraction of sp³-hybridized carbons (Fsp3) is 0.333. The molecule has 4 heteroatoms. The number of imidazole rings is 1. The molecule has 16 heavy (non-hydrogen) atoms. The number of rotatable bonds is 3. The molecule has 0 unspecified atom stereocenters. The summed E-state index contributed by atoms with van der Waals surface area (Å²) in [6.07, 6.45) is 1.67. The Morgan fingerprint density at radius 1 is 1.50 bits per heavy atom. The largest absolute Gasteiger partial charge is 0.296 e. The summed E-state index contributed by atoms with van der Waals surface area (Å²) in [5.74, 6) is 1.44. The van der Waals surface area contributed by atoms with E-state index in [1.54, 1.807) is 0 Å². The smallest absolute Gasteiger partial charge is 0.170 e. The van der Waals surface area contributed by atoms with E-state index >= 15 is 0 Å². The summed E-state index contributed by atoms with van der Waals surface area (Å²) in [6.45, 7) is 4.27. The van der Waals surface area contributed by atoms with Gasteiger partial charge in [0.05, 0.1) is 10.1 Å². The number of carbonyl (C=O) groups is 1. The Balaban J connectivity index is 2.69. The van der Waals surface area contributed by atoms with Crippen LogP contribution < -0.4 is 0 Å². The van der Waals surface area contributed by atoms with Crippen LogP contribution in [-0.4, -0.2) is 15.7 Å². The van der Waals surface area contributed by atoms with Crippen LogP contribution in [0.15, 0.2) is 22.8 Å². The summed E-state index contributed by atoms with van der Waals surface area (Å²) in [6, 6.07) is 5.77. The minimum absolute atomic E-state index is 0.511. The maximum absolute atomic E-state index is 10.9. The van der Waals surface area contributed by atoms with Crippen LogP contribution in [0.5, 0.6) is 0 Å². The Morgan fingerprint density at radius 3 is 2.88 bits per heavy atom. The minimum Gasteiger partial charge on any atom is -0.296 e. The van der Waals surface area contributed by atoms with E-state index < -0.39 is 0 Å². The van der Waals surface area contributed by atoms with Crippen LogP contribution >= 0.6 is 15.9 Å². The molecule has 84 valence electrons. The van der Waals surface area contributed by atoms with Gasteiger partial charge in [-0.3, -0.25) is 9.20 Å². The second-order valence-corrected chi connectivity index (χ2v) is 5.01. The zero-order valence-corrected chi connectivity index (χ0v) is 10.9. The molecule has 0 atom stereocenters. The number of aldehydes is 1. The third-order valence-electron chi connectivity index (χ3n) is 2.41. The first-order valence-electron chi connectivity index (χ1n) is 5.24. The second-order valence-electron chi connectivity index (χ2n) is 4.20. The lowest BCUT2D eigenvalue weighted by molar-refractivity contribution is 0.112. The number of hydrogen-bond acceptors (Lipinski definition) is 2. The SMILES string of the molecule is CC(C)Cc1nc(C=O)c2cccc(Br)n12. The zero-order valence-electron chi connectivity index (χ0n) is 9.27. The number of pyridine rings is 1. The van der Waals surface area contributed by atoms with Crippen molar-refractivity contribution in [2.24, 2.45) is 5.92 Å². The molecule has 2 heterocycles. The van der Waals surface area contributed by atoms with Crippen LogP contribution in [0.1, 0.15) is 30.2 Å². The molecule has 2 aromatic rings. The first kappa shape index (κ1) is 11.3. The lowest BCUT2D eigenvalue weighted by Gasteiger charge is -2.05. The van der Waals surface area contributed by atoms with E-state index in [-0.39, 0.29) is 0 Å². The Hall–Kier alpha value is -1.16. The van der Waals surface area contributed by atoms with Crippen molar-refractivity contribution in [3.05, 3.63) is 34.3 Å². The van der Waals surface area contributed by atoms with Crippen molar-refractivity contribution in [3.63, 3.8) is 0 Å². The Labute approximate surface area is 103 Å². The fourth-order valence-corrected chi connectivity index (χ4v) is 2.33. The molecule has 3 nitrogen and oxygen atoms in total. The molecule has 0 fully saturated rings. The van der Waals surface area contributed by atoms with Crippen LogP contribution in [0.3, 0.4) is 0 Å². The van der Waals surface area contributed by atoms with Gasteiger partial charge in [-0.2, -0.15) is 0 Å². The third-order valence-corrected chi connectivity index (χ3v) is 3.03. The van der Waals surface area contributed by atoms with E-state index in [1.165, 1.54) is 0 Å². The van der Waals surface area contributed by atoms with Crippen LogP contribution in [0.4, 0.5) is 0 Å². The molecule has 0 N–H and O–H groups in total. The highest BCUT2D eigenvalue weighted by Crippen LogP contribution is 2.20. The Kier molecular flexibility index (Phi) is 3.10. The van der Waals surface area contributed by atoms with Crippen molar-refractivity contribution < 1.29 is 4.79 Å². The molecule has 0 aromatic carbocycles. The van der Waals surface area contributed by atoms with E-state index in [1.807, 2.05) is 22.6 Å². The number of hydrogen-bond donors (Lipinski definition) is 0. The molecule has 0 aliphatic heterocycles. The average molecular weight is 281 g/mol. The van der Waals surface area contributed by atoms with Crippen LogP contribution in [0.2, 0.25) is 0 Å². The summed E-state index contributed by atoms with van der Waals surface area (Å²) >= 11 is 3.49. The van der Waals surface area contributed by atoms with Crippen LogP contribution in [-0.2, 0) is 6.42 Å². The van der Waals surface area contributed by atoms with Gasteiger partial charge < -0.3 is 0 Å². The van der Waals surface area contributed by atoms with E-state index in [4.69, 9.17) is 0 Å². The maximum atomic E-state index is 10.9. The average Bonchev–Trinajstić information content (AvgIpc) is 2.57. The fourth-order valence-electron chi connectivity index (χ4n) is 1.78. The number of fused-ring (bicyclic) bond motifs is 1. The van der Waals surface area contributed by atoms with Gasteiger partial charge >= 0.3 is 0 Å². The second kappa shape index (κ2) is 4.37. The first-order chi connectivity index (χ1) is 7.63. The summed E-state index contributed by atoms with van der Waals surface area (Å²) in [4.78, 5) is 15.3. The van der Waals surface area contributed by atoms with E-state index in [9.17, 15) is 4.79 Å². The van der Waals surface area contributed by atoms with Crippen LogP contribution in [0.25, 0.3) is 5.52 Å². The molecule has 0 saturated heterocycles. The van der Waals surface area contributed by atoms with E-state index in [2.05, 4.69) is 34.8 Å². The van der Waals surface area contributed by atoms with Gasteiger partial charge in [0.1, 0.15) is 11.5 Å². The van der Waals surface area contributed by atoms with Gasteiger partial charge in [0.15, 0.2) is 6.29 Å². The van der Waals surface area contributed by atoms with Crippen molar-refractivity contribution in [1.82, 2.24) is 9.38 Å². The molecule has 0 spiro atoms. The van der Waals surface area contributed by atoms with Crippen molar-refractivity contribution in [3.8, 4) is 0 Å². The lowest BCUT2D eigenvalue weighted by Crippen LogP contribution is -2.01. The highest BCUT2D eigenvalue weighted by molar-refractivity contribution is 9.10. The molecular weight excluding hydrogens is 268 g/mol. The van der Waals surface area contributed by atoms with Crippen molar-refractivity contribution in [1.29, 1.82) is 0 Å². The standard InChI is InChI=1S/C12H13BrN2O/c1-8(2)6-12-14-9(7-16)10-4-3-5-11(13)15(10)12/h3-5,7-8H,6H2,1-2H3. The Bertz CT molecular complexity index is 531. The van der Waals surface area contributed by atoms with E-state index in [0.29, 0.717) is 11.6 Å². The number of nitrogens with zero attached hydrogens (tertiary/aromatic N) is 2. The van der Waals surface area contributed by atoms with Gasteiger partial charge in [0, 0.05) is 6.42 Å². The van der Waals surface area contributed by atoms with Crippen molar-refractivity contribution in [2.75, 3.05) is 0 Å². The molecule has 0 aliphatic rings. The topological polar surface area (TPSA) is 34.4 Å². The molecule has 2 rings (SSSR count). The highest BCUT2D eigenvalue weighted by Gasteiger charge is 2.13. The number of carbonyl (C=O) groups excluding carboxylic acids is 1. The number of aromatic nitrogens is 2. The van der Waals surface area contributed by atoms with Gasteiger partial charge in [-0.25, -0.2) is 4.98 Å². The van der Waals surface area contributed by atoms with Gasteiger partial charge in [-0.1, -0.05) is 19.9 Å². The number of halogens is 1. The molecule has 0 amide bonds. The molecular formula is C12H13BrN2O. The van der Waals surface area contributed by atoms with Gasteiger partial charge in [-0.05, 0) is 34.0 Å². The Morgan fingerprint density at radius 2 is 2.25 bits per heavy atom. The summed E-state index contributed by atoms with van der Waals surface area (Å²) in [5.41, 5.74) is 1.37. The quantitative estimate of drug-likeness (QED) is 0.640.